The third kappa shape index (κ3) is 4.54. The van der Waals surface area contributed by atoms with Crippen molar-refractivity contribution in [3.63, 3.8) is 0 Å². The molecule has 0 aromatic heterocycles. The van der Waals surface area contributed by atoms with Crippen LogP contribution in [-0.4, -0.2) is 17.9 Å². The number of hydrogen-bond acceptors (Lipinski definition) is 3. The zero-order valence-corrected chi connectivity index (χ0v) is 10.8. The number of ether oxygens (including phenoxy) is 2. The molecule has 1 aliphatic carbocycles. The molecule has 1 aliphatic rings. The third-order valence-electron chi connectivity index (χ3n) is 2.78. The molecule has 15 heavy (non-hydrogen) atoms. The van der Waals surface area contributed by atoms with Gasteiger partial charge in [0.1, 0.15) is 11.7 Å². The summed E-state index contributed by atoms with van der Waals surface area (Å²) in [6.45, 7) is 11.8. The molecule has 0 heterocycles. The summed E-state index contributed by atoms with van der Waals surface area (Å²) < 4.78 is 10.2. The summed E-state index contributed by atoms with van der Waals surface area (Å²) in [6, 6.07) is 0. The highest BCUT2D eigenvalue weighted by molar-refractivity contribution is 5.61. The van der Waals surface area contributed by atoms with Crippen LogP contribution in [0.2, 0.25) is 0 Å². The largest absolute Gasteiger partial charge is 0.509 e. The highest BCUT2D eigenvalue weighted by Gasteiger charge is 2.51. The summed E-state index contributed by atoms with van der Waals surface area (Å²) in [5.41, 5.74) is -0.259. The van der Waals surface area contributed by atoms with Crippen molar-refractivity contribution in [2.75, 3.05) is 0 Å². The first-order chi connectivity index (χ1) is 6.98. The Labute approximate surface area is 93.1 Å². The maximum atomic E-state index is 11.2. The second kappa shape index (κ2) is 5.99. The van der Waals surface area contributed by atoms with Crippen LogP contribution < -0.4 is 0 Å². The van der Waals surface area contributed by atoms with Crippen LogP contribution in [-0.2, 0) is 9.47 Å². The van der Waals surface area contributed by atoms with Gasteiger partial charge in [-0.3, -0.25) is 0 Å². The lowest BCUT2D eigenvalue weighted by atomic mass is 10.3. The van der Waals surface area contributed by atoms with E-state index in [1.807, 2.05) is 34.6 Å². The molecule has 0 bridgehead atoms. The monoisotopic (exact) mass is 216 g/mol. The normalized spacial score (nSPS) is 29.6. The molecule has 0 aliphatic heterocycles. The van der Waals surface area contributed by atoms with Crippen LogP contribution in [0.4, 0.5) is 4.79 Å². The Balaban J connectivity index is 0.000000921. The summed E-state index contributed by atoms with van der Waals surface area (Å²) in [7, 11) is 0. The summed E-state index contributed by atoms with van der Waals surface area (Å²) in [6.07, 6.45) is 1.19. The topological polar surface area (TPSA) is 35.5 Å². The molecule has 3 atom stereocenters. The van der Waals surface area contributed by atoms with Gasteiger partial charge < -0.3 is 9.47 Å². The van der Waals surface area contributed by atoms with Crippen LogP contribution in [0.1, 0.15) is 54.4 Å². The molecule has 0 saturated heterocycles. The highest BCUT2D eigenvalue weighted by Crippen LogP contribution is 2.46. The zero-order valence-electron chi connectivity index (χ0n) is 10.8. The van der Waals surface area contributed by atoms with Crippen LogP contribution in [0.15, 0.2) is 0 Å². The maximum Gasteiger partial charge on any atom is 0.509 e. The highest BCUT2D eigenvalue weighted by atomic mass is 16.7. The Bertz CT molecular complexity index is 203. The number of carbonyl (C=O) groups excluding carboxylic acids is 1. The lowest BCUT2D eigenvalue weighted by molar-refractivity contribution is -0.00550. The third-order valence-corrected chi connectivity index (χ3v) is 2.78. The van der Waals surface area contributed by atoms with Gasteiger partial charge in [-0.05, 0) is 32.6 Å². The van der Waals surface area contributed by atoms with Gasteiger partial charge in [-0.15, -0.1) is 0 Å². The van der Waals surface area contributed by atoms with Crippen LogP contribution >= 0.6 is 0 Å². The van der Waals surface area contributed by atoms with E-state index in [1.54, 1.807) is 0 Å². The minimum absolute atomic E-state index is 0.0508. The van der Waals surface area contributed by atoms with E-state index >= 15 is 0 Å². The van der Waals surface area contributed by atoms with Crippen molar-refractivity contribution in [1.82, 2.24) is 0 Å². The molecule has 0 spiro atoms. The van der Waals surface area contributed by atoms with Gasteiger partial charge in [0.15, 0.2) is 0 Å². The van der Waals surface area contributed by atoms with E-state index < -0.39 is 6.16 Å². The van der Waals surface area contributed by atoms with Crippen molar-refractivity contribution in [3.8, 4) is 0 Å². The summed E-state index contributed by atoms with van der Waals surface area (Å²) >= 11 is 0. The molecule has 3 unspecified atom stereocenters. The molecule has 1 rings (SSSR count). The van der Waals surface area contributed by atoms with E-state index in [0.29, 0.717) is 5.92 Å². The van der Waals surface area contributed by atoms with Crippen molar-refractivity contribution >= 4 is 6.16 Å². The minimum Gasteiger partial charge on any atom is -0.431 e. The summed E-state index contributed by atoms with van der Waals surface area (Å²) in [4.78, 5) is 11.2. The second-order valence-electron chi connectivity index (χ2n) is 4.11. The van der Waals surface area contributed by atoms with Gasteiger partial charge in [0.2, 0.25) is 0 Å². The van der Waals surface area contributed by atoms with E-state index in [-0.39, 0.29) is 11.7 Å². The van der Waals surface area contributed by atoms with Crippen molar-refractivity contribution in [3.05, 3.63) is 0 Å². The van der Waals surface area contributed by atoms with Gasteiger partial charge in [-0.2, -0.15) is 0 Å². The fourth-order valence-electron chi connectivity index (χ4n) is 1.15. The number of rotatable bonds is 3. The number of hydrogen-bond donors (Lipinski definition) is 0. The van der Waals surface area contributed by atoms with Gasteiger partial charge in [0, 0.05) is 0 Å². The van der Waals surface area contributed by atoms with Crippen molar-refractivity contribution < 1.29 is 14.3 Å². The van der Waals surface area contributed by atoms with Crippen LogP contribution in [0.25, 0.3) is 0 Å². The van der Waals surface area contributed by atoms with E-state index in [0.717, 1.165) is 12.8 Å². The molecule has 3 heteroatoms. The van der Waals surface area contributed by atoms with Crippen LogP contribution in [0, 0.1) is 5.92 Å². The van der Waals surface area contributed by atoms with Gasteiger partial charge in [0.05, 0.1) is 0 Å². The molecule has 0 N–H and O–H groups in total. The SMILES string of the molecule is CC.CCC(C)OC(=O)OC1(C)CC1C. The van der Waals surface area contributed by atoms with Gasteiger partial charge in [-0.25, -0.2) is 4.79 Å². The average Bonchev–Trinajstić information content (AvgIpc) is 2.76. The zero-order chi connectivity index (χ0) is 12.1. The minimum atomic E-state index is -0.527. The molecular formula is C12H24O3. The van der Waals surface area contributed by atoms with Crippen molar-refractivity contribution in [2.24, 2.45) is 5.92 Å². The predicted octanol–water partition coefficient (Wildman–Crippen LogP) is 3.76. The maximum absolute atomic E-state index is 11.2. The quantitative estimate of drug-likeness (QED) is 0.674. The number of carbonyl (C=O) groups is 1. The lowest BCUT2D eigenvalue weighted by Gasteiger charge is -2.15. The fourth-order valence-corrected chi connectivity index (χ4v) is 1.15. The molecule has 90 valence electrons. The van der Waals surface area contributed by atoms with Gasteiger partial charge in [-0.1, -0.05) is 27.7 Å². The van der Waals surface area contributed by atoms with Crippen LogP contribution in [0.5, 0.6) is 0 Å². The Kier molecular flexibility index (Phi) is 5.69. The average molecular weight is 216 g/mol. The Morgan fingerprint density at radius 1 is 1.53 bits per heavy atom. The lowest BCUT2D eigenvalue weighted by Crippen LogP contribution is -2.22. The Morgan fingerprint density at radius 3 is 2.33 bits per heavy atom. The van der Waals surface area contributed by atoms with E-state index in [1.165, 1.54) is 0 Å². The summed E-state index contributed by atoms with van der Waals surface area (Å²) in [5, 5.41) is 0. The molecule has 1 fully saturated rings. The first kappa shape index (κ1) is 14.3. The Hall–Kier alpha value is -0.730. The Morgan fingerprint density at radius 2 is 2.00 bits per heavy atom. The molecule has 0 aromatic carbocycles. The standard InChI is InChI=1S/C10H18O3.C2H6/c1-5-8(3)12-9(11)13-10(4)6-7(10)2;1-2/h7-8H,5-6H2,1-4H3;1-2H3. The van der Waals surface area contributed by atoms with Crippen molar-refractivity contribution in [1.29, 1.82) is 0 Å². The first-order valence-electron chi connectivity index (χ1n) is 5.87. The molecule has 0 amide bonds. The predicted molar refractivity (Wildman–Crippen MR) is 60.9 cm³/mol. The molecular weight excluding hydrogens is 192 g/mol. The first-order valence-corrected chi connectivity index (χ1v) is 5.87. The van der Waals surface area contributed by atoms with E-state index in [2.05, 4.69) is 6.92 Å². The molecule has 1 saturated carbocycles. The van der Waals surface area contributed by atoms with Gasteiger partial charge in [0.25, 0.3) is 0 Å². The molecule has 3 nitrogen and oxygen atoms in total. The van der Waals surface area contributed by atoms with E-state index in [4.69, 9.17) is 9.47 Å². The molecule has 0 aromatic rings. The fraction of sp³-hybridized carbons (Fsp3) is 0.917. The second-order valence-corrected chi connectivity index (χ2v) is 4.11. The molecule has 0 radical (unpaired) electrons. The van der Waals surface area contributed by atoms with E-state index in [9.17, 15) is 4.79 Å². The smallest absolute Gasteiger partial charge is 0.431 e. The van der Waals surface area contributed by atoms with Crippen molar-refractivity contribution in [2.45, 2.75) is 66.1 Å². The van der Waals surface area contributed by atoms with Gasteiger partial charge >= 0.3 is 6.16 Å². The van der Waals surface area contributed by atoms with Crippen LogP contribution in [0.3, 0.4) is 0 Å². The summed E-state index contributed by atoms with van der Waals surface area (Å²) in [5.74, 6) is 0.469.